The van der Waals surface area contributed by atoms with Crippen molar-refractivity contribution in [3.63, 3.8) is 0 Å². The molecule has 29 heavy (non-hydrogen) atoms. The summed E-state index contributed by atoms with van der Waals surface area (Å²) in [6.07, 6.45) is 0. The minimum atomic E-state index is -3.76. The van der Waals surface area contributed by atoms with Gasteiger partial charge in [0.1, 0.15) is 0 Å². The van der Waals surface area contributed by atoms with Crippen molar-refractivity contribution in [1.29, 1.82) is 0 Å². The average molecular weight is 446 g/mol. The predicted molar refractivity (Wildman–Crippen MR) is 124 cm³/mol. The third-order valence-corrected chi connectivity index (χ3v) is 6.09. The molecule has 0 aromatic heterocycles. The molecule has 0 spiro atoms. The van der Waals surface area contributed by atoms with Crippen LogP contribution in [0.15, 0.2) is 71.6 Å². The van der Waals surface area contributed by atoms with Crippen LogP contribution in [0.2, 0.25) is 5.02 Å². The first-order chi connectivity index (χ1) is 13.7. The topological polar surface area (TPSA) is 70.2 Å². The molecule has 3 rings (SSSR count). The van der Waals surface area contributed by atoms with Crippen LogP contribution in [-0.2, 0) is 10.0 Å². The SMILES string of the molecule is Cc1ccccc1NC(=S)Nc1cc(S(=O)(=O)Nc2ccc(Cl)cc2)ccc1C. The van der Waals surface area contributed by atoms with Crippen LogP contribution >= 0.6 is 23.8 Å². The molecule has 0 saturated carbocycles. The molecule has 150 valence electrons. The molecule has 0 radical (unpaired) electrons. The van der Waals surface area contributed by atoms with Crippen LogP contribution in [0, 0.1) is 13.8 Å². The van der Waals surface area contributed by atoms with E-state index in [1.54, 1.807) is 42.5 Å². The lowest BCUT2D eigenvalue weighted by Gasteiger charge is -2.15. The summed E-state index contributed by atoms with van der Waals surface area (Å²) in [5.41, 5.74) is 3.84. The zero-order chi connectivity index (χ0) is 21.0. The number of hydrogen-bond donors (Lipinski definition) is 3. The summed E-state index contributed by atoms with van der Waals surface area (Å²) in [7, 11) is -3.76. The fourth-order valence-electron chi connectivity index (χ4n) is 2.62. The van der Waals surface area contributed by atoms with Crippen molar-refractivity contribution in [3.8, 4) is 0 Å². The molecule has 3 N–H and O–H groups in total. The van der Waals surface area contributed by atoms with Crippen LogP contribution in [0.3, 0.4) is 0 Å². The van der Waals surface area contributed by atoms with Crippen molar-refractivity contribution in [1.82, 2.24) is 0 Å². The molecule has 0 heterocycles. The van der Waals surface area contributed by atoms with Gasteiger partial charge in [0.2, 0.25) is 0 Å². The standard InChI is InChI=1S/C21H20ClN3O2S2/c1-14-5-3-4-6-19(14)23-21(28)24-20-13-18(12-7-15(20)2)29(26,27)25-17-10-8-16(22)9-11-17/h3-13,25H,1-2H3,(H2,23,24,28). The van der Waals surface area contributed by atoms with Gasteiger partial charge in [0, 0.05) is 22.1 Å². The fourth-order valence-corrected chi connectivity index (χ4v) is 4.05. The summed E-state index contributed by atoms with van der Waals surface area (Å²) in [5.74, 6) is 0. The predicted octanol–water partition coefficient (Wildman–Crippen LogP) is 5.57. The summed E-state index contributed by atoms with van der Waals surface area (Å²) in [6.45, 7) is 3.85. The number of halogens is 1. The monoisotopic (exact) mass is 445 g/mol. The molecule has 3 aromatic rings. The van der Waals surface area contributed by atoms with Gasteiger partial charge < -0.3 is 10.6 Å². The van der Waals surface area contributed by atoms with Gasteiger partial charge in [0.05, 0.1) is 4.90 Å². The van der Waals surface area contributed by atoms with Crippen LogP contribution in [0.5, 0.6) is 0 Å². The quantitative estimate of drug-likeness (QED) is 0.448. The minimum Gasteiger partial charge on any atom is -0.332 e. The van der Waals surface area contributed by atoms with Gasteiger partial charge in [0.25, 0.3) is 10.0 Å². The number of benzene rings is 3. The van der Waals surface area contributed by atoms with Crippen molar-refractivity contribution in [2.75, 3.05) is 15.4 Å². The van der Waals surface area contributed by atoms with E-state index in [4.69, 9.17) is 23.8 Å². The Bertz CT molecular complexity index is 1150. The van der Waals surface area contributed by atoms with Gasteiger partial charge in [-0.1, -0.05) is 35.9 Å². The second-order valence-corrected chi connectivity index (χ2v) is 9.01. The van der Waals surface area contributed by atoms with Crippen LogP contribution in [0.4, 0.5) is 17.1 Å². The third-order valence-electron chi connectivity index (χ3n) is 4.26. The Morgan fingerprint density at radius 1 is 0.862 bits per heavy atom. The highest BCUT2D eigenvalue weighted by molar-refractivity contribution is 7.92. The van der Waals surface area contributed by atoms with E-state index in [0.717, 1.165) is 16.8 Å². The van der Waals surface area contributed by atoms with Crippen LogP contribution in [0.25, 0.3) is 0 Å². The van der Waals surface area contributed by atoms with E-state index in [-0.39, 0.29) is 4.90 Å². The smallest absolute Gasteiger partial charge is 0.261 e. The highest BCUT2D eigenvalue weighted by Gasteiger charge is 2.16. The van der Waals surface area contributed by atoms with Gasteiger partial charge >= 0.3 is 0 Å². The summed E-state index contributed by atoms with van der Waals surface area (Å²) in [4.78, 5) is 0.124. The molecule has 0 saturated heterocycles. The maximum Gasteiger partial charge on any atom is 0.261 e. The lowest BCUT2D eigenvalue weighted by Crippen LogP contribution is -2.21. The second kappa shape index (κ2) is 8.82. The number of aryl methyl sites for hydroxylation is 2. The summed E-state index contributed by atoms with van der Waals surface area (Å²) in [6, 6.07) is 19.1. The second-order valence-electron chi connectivity index (χ2n) is 6.48. The molecule has 0 aliphatic carbocycles. The molecule has 0 bridgehead atoms. The minimum absolute atomic E-state index is 0.124. The Balaban J connectivity index is 1.79. The Kier molecular flexibility index (Phi) is 6.42. The van der Waals surface area contributed by atoms with Crippen molar-refractivity contribution in [2.45, 2.75) is 18.7 Å². The fraction of sp³-hybridized carbons (Fsp3) is 0.0952. The maximum absolute atomic E-state index is 12.8. The van der Waals surface area contributed by atoms with Crippen LogP contribution < -0.4 is 15.4 Å². The molecule has 5 nitrogen and oxygen atoms in total. The molecule has 8 heteroatoms. The molecular formula is C21H20ClN3O2S2. The first-order valence-corrected chi connectivity index (χ1v) is 11.0. The maximum atomic E-state index is 12.8. The Morgan fingerprint density at radius 3 is 2.17 bits per heavy atom. The van der Waals surface area contributed by atoms with Gasteiger partial charge in [0.15, 0.2) is 5.11 Å². The van der Waals surface area contributed by atoms with Crippen LogP contribution in [-0.4, -0.2) is 13.5 Å². The largest absolute Gasteiger partial charge is 0.332 e. The van der Waals surface area contributed by atoms with Crippen molar-refractivity contribution < 1.29 is 8.42 Å². The first kappa shape index (κ1) is 21.1. The zero-order valence-electron chi connectivity index (χ0n) is 15.9. The first-order valence-electron chi connectivity index (χ1n) is 8.77. The average Bonchev–Trinajstić information content (AvgIpc) is 2.67. The van der Waals surface area contributed by atoms with E-state index in [2.05, 4.69) is 15.4 Å². The molecular weight excluding hydrogens is 426 g/mol. The molecule has 0 aliphatic heterocycles. The number of sulfonamides is 1. The normalized spacial score (nSPS) is 11.0. The van der Waals surface area contributed by atoms with Crippen molar-refractivity contribution >= 4 is 56.0 Å². The third kappa shape index (κ3) is 5.47. The van der Waals surface area contributed by atoms with E-state index in [1.165, 1.54) is 0 Å². The number of rotatable bonds is 5. The van der Waals surface area contributed by atoms with E-state index in [1.807, 2.05) is 38.1 Å². The molecule has 0 unspecified atom stereocenters. The summed E-state index contributed by atoms with van der Waals surface area (Å²) >= 11 is 11.2. The van der Waals surface area contributed by atoms with E-state index < -0.39 is 10.0 Å². The van der Waals surface area contributed by atoms with Gasteiger partial charge in [-0.05, 0) is 79.7 Å². The number of hydrogen-bond acceptors (Lipinski definition) is 3. The van der Waals surface area contributed by atoms with E-state index >= 15 is 0 Å². The van der Waals surface area contributed by atoms with Gasteiger partial charge in [-0.25, -0.2) is 8.42 Å². The highest BCUT2D eigenvalue weighted by atomic mass is 35.5. The van der Waals surface area contributed by atoms with Gasteiger partial charge in [-0.2, -0.15) is 0 Å². The number of para-hydroxylation sites is 1. The number of anilines is 3. The van der Waals surface area contributed by atoms with E-state index in [9.17, 15) is 8.42 Å². The lowest BCUT2D eigenvalue weighted by molar-refractivity contribution is 0.601. The van der Waals surface area contributed by atoms with Gasteiger partial charge in [-0.3, -0.25) is 4.72 Å². The van der Waals surface area contributed by atoms with Gasteiger partial charge in [-0.15, -0.1) is 0 Å². The summed E-state index contributed by atoms with van der Waals surface area (Å²) in [5, 5.41) is 7.12. The Hall–Kier alpha value is -2.61. The molecule has 3 aromatic carbocycles. The number of thiocarbonyl (C=S) groups is 1. The van der Waals surface area contributed by atoms with Crippen LogP contribution in [0.1, 0.15) is 11.1 Å². The Labute approximate surface area is 181 Å². The molecule has 0 atom stereocenters. The molecule has 0 fully saturated rings. The molecule has 0 amide bonds. The Morgan fingerprint density at radius 2 is 1.48 bits per heavy atom. The summed E-state index contributed by atoms with van der Waals surface area (Å²) < 4.78 is 28.0. The lowest BCUT2D eigenvalue weighted by atomic mass is 10.2. The van der Waals surface area contributed by atoms with Crippen molar-refractivity contribution in [2.24, 2.45) is 0 Å². The zero-order valence-corrected chi connectivity index (χ0v) is 18.3. The van der Waals surface area contributed by atoms with E-state index in [0.29, 0.717) is 21.5 Å². The number of nitrogens with one attached hydrogen (secondary N) is 3. The van der Waals surface area contributed by atoms with Crippen molar-refractivity contribution in [3.05, 3.63) is 82.9 Å². The highest BCUT2D eigenvalue weighted by Crippen LogP contribution is 2.24. The molecule has 0 aliphatic rings.